The molecule has 9 nitrogen and oxygen atoms in total. The van der Waals surface area contributed by atoms with Crippen LogP contribution in [0.5, 0.6) is 0 Å². The molecule has 32 heavy (non-hydrogen) atoms. The Bertz CT molecular complexity index is 1070. The van der Waals surface area contributed by atoms with E-state index < -0.39 is 13.9 Å². The Labute approximate surface area is 199 Å². The van der Waals surface area contributed by atoms with Gasteiger partial charge in [0, 0.05) is 16.9 Å². The number of phosphoric acid groups is 1. The molecule has 0 amide bonds. The molecule has 12 heteroatoms. The third kappa shape index (κ3) is 6.26. The number of carbonyl (C=O) groups excluding carboxylic acids is 1. The van der Waals surface area contributed by atoms with Crippen molar-refractivity contribution in [2.45, 2.75) is 51.8 Å². The number of carbonyl (C=O) groups is 1. The second-order valence-electron chi connectivity index (χ2n) is 7.33. The van der Waals surface area contributed by atoms with Crippen molar-refractivity contribution < 1.29 is 22.9 Å². The van der Waals surface area contributed by atoms with Crippen LogP contribution in [0, 0.1) is 0 Å². The van der Waals surface area contributed by atoms with Gasteiger partial charge in [-0.25, -0.2) is 9.55 Å². The minimum atomic E-state index is -3.71. The minimum absolute atomic E-state index is 0.0918. The first-order valence-corrected chi connectivity index (χ1v) is 13.1. The van der Waals surface area contributed by atoms with Gasteiger partial charge in [-0.2, -0.15) is 0 Å². The Kier molecular flexibility index (Phi) is 9.03. The number of fused-ring (bicyclic) bond motifs is 1. The van der Waals surface area contributed by atoms with Crippen LogP contribution in [0.1, 0.15) is 33.1 Å². The highest BCUT2D eigenvalue weighted by Crippen LogP contribution is 2.51. The second kappa shape index (κ2) is 11.3. The first-order chi connectivity index (χ1) is 15.3. The molecule has 2 heterocycles. The smallest absolute Gasteiger partial charge is 0.311 e. The van der Waals surface area contributed by atoms with E-state index >= 15 is 0 Å². The molecule has 176 valence electrons. The van der Waals surface area contributed by atoms with E-state index in [1.165, 1.54) is 17.0 Å². The topological polar surface area (TPSA) is 109 Å². The fraction of sp³-hybridized carbons (Fsp3) is 0.550. The third-order valence-electron chi connectivity index (χ3n) is 5.02. The molecular weight excluding hydrogens is 525 g/mol. The van der Waals surface area contributed by atoms with Crippen LogP contribution in [0.15, 0.2) is 27.7 Å². The highest BCUT2D eigenvalue weighted by Gasteiger charge is 2.36. The van der Waals surface area contributed by atoms with Gasteiger partial charge < -0.3 is 5.32 Å². The lowest BCUT2D eigenvalue weighted by Crippen LogP contribution is -2.47. The molecule has 0 unspecified atom stereocenters. The van der Waals surface area contributed by atoms with Crippen LogP contribution < -0.4 is 10.9 Å². The molecule has 0 aliphatic carbocycles. The van der Waals surface area contributed by atoms with Crippen molar-refractivity contribution in [3.05, 3.63) is 38.3 Å². The van der Waals surface area contributed by atoms with Gasteiger partial charge in [-0.15, -0.1) is 0 Å². The molecule has 1 fully saturated rings. The molecule has 1 aromatic carbocycles. The summed E-state index contributed by atoms with van der Waals surface area (Å²) in [5.41, 5.74) is 0.138. The summed E-state index contributed by atoms with van der Waals surface area (Å²) in [4.78, 5) is 29.9. The zero-order valence-electron chi connectivity index (χ0n) is 17.9. The lowest BCUT2D eigenvalue weighted by molar-refractivity contribution is -0.121. The number of ketones is 1. The van der Waals surface area contributed by atoms with E-state index in [9.17, 15) is 14.2 Å². The van der Waals surface area contributed by atoms with Crippen molar-refractivity contribution in [2.24, 2.45) is 0 Å². The van der Waals surface area contributed by atoms with Crippen LogP contribution in [0.25, 0.3) is 10.9 Å². The highest BCUT2D eigenvalue weighted by molar-refractivity contribution is 9.10. The zero-order valence-corrected chi connectivity index (χ0v) is 21.1. The Balaban J connectivity index is 1.72. The lowest BCUT2D eigenvalue weighted by atomic mass is 9.97. The number of nitrogens with zero attached hydrogens (tertiary/aromatic N) is 2. The number of Topliss-reactive ketones (excluding diaryl/α,β-unsaturated/α-hetero) is 1. The quantitative estimate of drug-likeness (QED) is 0.441. The minimum Gasteiger partial charge on any atom is -0.311 e. The molecule has 1 aliphatic rings. The molecule has 0 spiro atoms. The molecule has 1 aromatic heterocycles. The number of phosphoric ester groups is 1. The molecular formula is C20H26BrClN3O6P. The zero-order chi connectivity index (χ0) is 23.3. The van der Waals surface area contributed by atoms with Gasteiger partial charge in [-0.05, 0) is 61.3 Å². The van der Waals surface area contributed by atoms with Gasteiger partial charge in [0.15, 0.2) is 5.78 Å². The van der Waals surface area contributed by atoms with Crippen molar-refractivity contribution in [1.82, 2.24) is 14.9 Å². The SMILES string of the molecule is CCOP(=O)(OCC)O[C@H]1CCCN[C@@H]1CC(=O)Cn1cnc2cc(Br)c(Cl)cc2c1=O. The van der Waals surface area contributed by atoms with Gasteiger partial charge in [-0.3, -0.25) is 27.7 Å². The highest BCUT2D eigenvalue weighted by atomic mass is 79.9. The van der Waals surface area contributed by atoms with Gasteiger partial charge in [0.25, 0.3) is 5.56 Å². The van der Waals surface area contributed by atoms with Crippen LogP contribution in [-0.2, 0) is 29.5 Å². The first kappa shape index (κ1) is 25.5. The Morgan fingerprint density at radius 1 is 1.34 bits per heavy atom. The molecule has 0 bridgehead atoms. The van der Waals surface area contributed by atoms with Crippen molar-refractivity contribution in [3.63, 3.8) is 0 Å². The summed E-state index contributed by atoms with van der Waals surface area (Å²) < 4.78 is 30.9. The van der Waals surface area contributed by atoms with Gasteiger partial charge in [0.2, 0.25) is 0 Å². The van der Waals surface area contributed by atoms with Gasteiger partial charge in [-0.1, -0.05) is 11.6 Å². The van der Waals surface area contributed by atoms with E-state index in [2.05, 4.69) is 26.2 Å². The summed E-state index contributed by atoms with van der Waals surface area (Å²) >= 11 is 9.41. The summed E-state index contributed by atoms with van der Waals surface area (Å²) in [7, 11) is -3.71. The molecule has 2 atom stereocenters. The number of aromatic nitrogens is 2. The van der Waals surface area contributed by atoms with Crippen molar-refractivity contribution in [1.29, 1.82) is 0 Å². The lowest BCUT2D eigenvalue weighted by Gasteiger charge is -2.33. The van der Waals surface area contributed by atoms with Crippen LogP contribution in [-0.4, -0.2) is 47.2 Å². The van der Waals surface area contributed by atoms with E-state index in [-0.39, 0.29) is 43.6 Å². The number of piperidine rings is 1. The maximum Gasteiger partial charge on any atom is 0.475 e. The number of halogens is 2. The molecule has 2 aromatic rings. The fourth-order valence-electron chi connectivity index (χ4n) is 3.60. The number of rotatable bonds is 10. The number of hydrogen-bond donors (Lipinski definition) is 1. The normalized spacial score (nSPS) is 19.4. The summed E-state index contributed by atoms with van der Waals surface area (Å²) in [6.45, 7) is 4.33. The van der Waals surface area contributed by atoms with Gasteiger partial charge in [0.1, 0.15) is 0 Å². The third-order valence-corrected chi connectivity index (χ3v) is 7.89. The van der Waals surface area contributed by atoms with E-state index in [0.29, 0.717) is 33.4 Å². The average molecular weight is 551 g/mol. The van der Waals surface area contributed by atoms with Gasteiger partial charge >= 0.3 is 7.82 Å². The maximum atomic E-state index is 12.8. The average Bonchev–Trinajstić information content (AvgIpc) is 2.73. The van der Waals surface area contributed by atoms with Crippen molar-refractivity contribution >= 4 is 52.0 Å². The standard InChI is InChI=1S/C20H26BrClN3O6P/c1-3-29-32(28,30-4-2)31-19-6-5-7-23-18(19)8-13(26)11-25-12-24-17-10-15(21)16(22)9-14(17)20(25)27/h9-10,12,18-19,23H,3-8,11H2,1-2H3/t18-,19+/m1/s1. The Morgan fingerprint density at radius 3 is 2.75 bits per heavy atom. The molecule has 1 aliphatic heterocycles. The van der Waals surface area contributed by atoms with Crippen molar-refractivity contribution in [3.8, 4) is 0 Å². The summed E-state index contributed by atoms with van der Waals surface area (Å²) in [5, 5.41) is 3.97. The van der Waals surface area contributed by atoms with Gasteiger partial charge in [0.05, 0.1) is 48.1 Å². The van der Waals surface area contributed by atoms with E-state index in [0.717, 1.165) is 6.42 Å². The number of benzene rings is 1. The molecule has 3 rings (SSSR count). The second-order valence-corrected chi connectivity index (χ2v) is 10.2. The molecule has 1 N–H and O–H groups in total. The summed E-state index contributed by atoms with van der Waals surface area (Å²) in [5.74, 6) is -0.188. The Morgan fingerprint density at radius 2 is 2.06 bits per heavy atom. The van der Waals surface area contributed by atoms with Crippen LogP contribution in [0.3, 0.4) is 0 Å². The molecule has 0 radical (unpaired) electrons. The van der Waals surface area contributed by atoms with Crippen molar-refractivity contribution in [2.75, 3.05) is 19.8 Å². The summed E-state index contributed by atoms with van der Waals surface area (Å²) in [6, 6.07) is 2.82. The first-order valence-electron chi connectivity index (χ1n) is 10.4. The summed E-state index contributed by atoms with van der Waals surface area (Å²) in [6.07, 6.45) is 2.34. The molecule has 1 saturated heterocycles. The fourth-order valence-corrected chi connectivity index (χ4v) is 5.51. The van der Waals surface area contributed by atoms with E-state index in [1.54, 1.807) is 19.9 Å². The van der Waals surface area contributed by atoms with E-state index in [4.69, 9.17) is 25.2 Å². The predicted octanol–water partition coefficient (Wildman–Crippen LogP) is 4.09. The predicted molar refractivity (Wildman–Crippen MR) is 125 cm³/mol. The largest absolute Gasteiger partial charge is 0.475 e. The van der Waals surface area contributed by atoms with E-state index in [1.807, 2.05) is 0 Å². The Hall–Kier alpha value is -1.13. The number of nitrogens with one attached hydrogen (secondary N) is 1. The number of hydrogen-bond acceptors (Lipinski definition) is 8. The molecule has 0 saturated carbocycles. The monoisotopic (exact) mass is 549 g/mol. The van der Waals surface area contributed by atoms with Crippen LogP contribution in [0.2, 0.25) is 5.02 Å². The maximum absolute atomic E-state index is 12.8. The van der Waals surface area contributed by atoms with Crippen LogP contribution >= 0.6 is 35.4 Å². The van der Waals surface area contributed by atoms with Crippen LogP contribution in [0.4, 0.5) is 0 Å².